The van der Waals surface area contributed by atoms with Crippen LogP contribution < -0.4 is 0 Å². The third-order valence-electron chi connectivity index (χ3n) is 4.77. The fourth-order valence-electron chi connectivity index (χ4n) is 3.61. The molecule has 3 nitrogen and oxygen atoms in total. The van der Waals surface area contributed by atoms with Crippen molar-refractivity contribution < 1.29 is 4.92 Å². The molecule has 0 atom stereocenters. The van der Waals surface area contributed by atoms with Gasteiger partial charge in [-0.05, 0) is 28.6 Å². The number of non-ortho nitro benzene ring substituents is 1. The molecule has 1 aromatic heterocycles. The highest BCUT2D eigenvalue weighted by Crippen LogP contribution is 2.39. The molecule has 0 spiro atoms. The van der Waals surface area contributed by atoms with E-state index >= 15 is 0 Å². The van der Waals surface area contributed by atoms with Gasteiger partial charge >= 0.3 is 0 Å². The molecule has 0 aliphatic carbocycles. The van der Waals surface area contributed by atoms with Crippen molar-refractivity contribution in [2.45, 2.75) is 0 Å². The van der Waals surface area contributed by atoms with Crippen molar-refractivity contribution >= 4 is 48.0 Å². The molecule has 1 heterocycles. The summed E-state index contributed by atoms with van der Waals surface area (Å²) in [5.41, 5.74) is 2.05. The minimum absolute atomic E-state index is 0.148. The standard InChI is InChI=1S/C22H13NO2S/c24-23(25)19-9-4-6-14-5-3-8-16(22(14)19)15-11-12-18-17-7-1-2-10-20(17)26-21(18)13-15/h1-13H. The number of nitro benzene ring substituents is 1. The summed E-state index contributed by atoms with van der Waals surface area (Å²) in [5, 5.41) is 15.6. The van der Waals surface area contributed by atoms with Crippen LogP contribution in [-0.2, 0) is 0 Å². The van der Waals surface area contributed by atoms with Gasteiger partial charge in [-0.2, -0.15) is 0 Å². The number of hydrogen-bond acceptors (Lipinski definition) is 3. The third kappa shape index (κ3) is 2.20. The first-order valence-electron chi connectivity index (χ1n) is 8.30. The van der Waals surface area contributed by atoms with Crippen molar-refractivity contribution in [1.29, 1.82) is 0 Å². The number of nitrogens with zero attached hydrogens (tertiary/aromatic N) is 1. The van der Waals surface area contributed by atoms with Gasteiger partial charge in [-0.3, -0.25) is 10.1 Å². The predicted molar refractivity (Wildman–Crippen MR) is 109 cm³/mol. The van der Waals surface area contributed by atoms with Gasteiger partial charge in [0.05, 0.1) is 10.3 Å². The van der Waals surface area contributed by atoms with Gasteiger partial charge in [0.25, 0.3) is 5.69 Å². The Morgan fingerprint density at radius 1 is 0.769 bits per heavy atom. The summed E-state index contributed by atoms with van der Waals surface area (Å²) >= 11 is 1.75. The van der Waals surface area contributed by atoms with Crippen LogP contribution in [0.3, 0.4) is 0 Å². The predicted octanol–water partition coefficient (Wildman–Crippen LogP) is 6.78. The maximum atomic E-state index is 11.5. The molecule has 26 heavy (non-hydrogen) atoms. The fourth-order valence-corrected chi connectivity index (χ4v) is 4.75. The van der Waals surface area contributed by atoms with Crippen LogP contribution in [0.1, 0.15) is 0 Å². The van der Waals surface area contributed by atoms with Gasteiger partial charge in [0.15, 0.2) is 0 Å². The van der Waals surface area contributed by atoms with E-state index in [1.807, 2.05) is 30.3 Å². The molecule has 0 bridgehead atoms. The SMILES string of the molecule is O=[N+]([O-])c1cccc2cccc(-c3ccc4c(c3)sc3ccccc34)c12. The van der Waals surface area contributed by atoms with E-state index in [2.05, 4.69) is 36.4 Å². The average Bonchev–Trinajstić information content (AvgIpc) is 3.04. The zero-order valence-electron chi connectivity index (χ0n) is 13.7. The van der Waals surface area contributed by atoms with Gasteiger partial charge < -0.3 is 0 Å². The molecule has 0 N–H and O–H groups in total. The van der Waals surface area contributed by atoms with Gasteiger partial charge in [-0.1, -0.05) is 60.7 Å². The van der Waals surface area contributed by atoms with E-state index in [0.717, 1.165) is 16.5 Å². The Hall–Kier alpha value is -3.24. The Labute approximate surface area is 153 Å². The normalized spacial score (nSPS) is 11.4. The highest BCUT2D eigenvalue weighted by molar-refractivity contribution is 7.25. The van der Waals surface area contributed by atoms with Crippen LogP contribution in [0.5, 0.6) is 0 Å². The minimum atomic E-state index is -0.302. The molecule has 5 rings (SSSR count). The first kappa shape index (κ1) is 15.0. The molecule has 0 aliphatic heterocycles. The Morgan fingerprint density at radius 3 is 2.38 bits per heavy atom. The van der Waals surface area contributed by atoms with E-state index < -0.39 is 0 Å². The lowest BCUT2D eigenvalue weighted by molar-refractivity contribution is -0.383. The van der Waals surface area contributed by atoms with Crippen LogP contribution >= 0.6 is 11.3 Å². The van der Waals surface area contributed by atoms with Crippen molar-refractivity contribution in [3.8, 4) is 11.1 Å². The first-order valence-corrected chi connectivity index (χ1v) is 9.12. The van der Waals surface area contributed by atoms with Crippen molar-refractivity contribution in [3.63, 3.8) is 0 Å². The van der Waals surface area contributed by atoms with Gasteiger partial charge in [-0.15, -0.1) is 11.3 Å². The maximum absolute atomic E-state index is 11.5. The highest BCUT2D eigenvalue weighted by Gasteiger charge is 2.16. The molecule has 0 radical (unpaired) electrons. The molecule has 4 aromatic carbocycles. The summed E-state index contributed by atoms with van der Waals surface area (Å²) in [6.45, 7) is 0. The lowest BCUT2D eigenvalue weighted by Crippen LogP contribution is -1.91. The van der Waals surface area contributed by atoms with Crippen LogP contribution in [0, 0.1) is 10.1 Å². The van der Waals surface area contributed by atoms with E-state index in [1.165, 1.54) is 20.2 Å². The summed E-state index contributed by atoms with van der Waals surface area (Å²) in [4.78, 5) is 11.2. The van der Waals surface area contributed by atoms with Crippen LogP contribution in [0.2, 0.25) is 0 Å². The zero-order chi connectivity index (χ0) is 17.7. The Bertz CT molecular complexity index is 1310. The summed E-state index contributed by atoms with van der Waals surface area (Å²) < 4.78 is 2.45. The zero-order valence-corrected chi connectivity index (χ0v) is 14.5. The summed E-state index contributed by atoms with van der Waals surface area (Å²) in [6, 6.07) is 25.8. The van der Waals surface area contributed by atoms with Crippen LogP contribution in [0.4, 0.5) is 5.69 Å². The Morgan fingerprint density at radius 2 is 1.54 bits per heavy atom. The summed E-state index contributed by atoms with van der Waals surface area (Å²) in [6.07, 6.45) is 0. The molecule has 5 aromatic rings. The monoisotopic (exact) mass is 355 g/mol. The van der Waals surface area contributed by atoms with E-state index in [4.69, 9.17) is 0 Å². The van der Waals surface area contributed by atoms with Crippen LogP contribution in [0.15, 0.2) is 78.9 Å². The number of fused-ring (bicyclic) bond motifs is 4. The lowest BCUT2D eigenvalue weighted by atomic mass is 9.96. The van der Waals surface area contributed by atoms with Crippen LogP contribution in [0.25, 0.3) is 42.1 Å². The molecule has 0 aliphatic rings. The quantitative estimate of drug-likeness (QED) is 0.259. The molecular weight excluding hydrogens is 342 g/mol. The maximum Gasteiger partial charge on any atom is 0.277 e. The third-order valence-corrected chi connectivity index (χ3v) is 5.90. The first-order chi connectivity index (χ1) is 12.7. The summed E-state index contributed by atoms with van der Waals surface area (Å²) in [5.74, 6) is 0. The lowest BCUT2D eigenvalue weighted by Gasteiger charge is -2.08. The molecule has 0 saturated carbocycles. The second kappa shape index (κ2) is 5.64. The second-order valence-electron chi connectivity index (χ2n) is 6.25. The number of hydrogen-bond donors (Lipinski definition) is 0. The number of benzene rings is 4. The van der Waals surface area contributed by atoms with Gasteiger partial charge in [0, 0.05) is 26.2 Å². The van der Waals surface area contributed by atoms with Crippen molar-refractivity contribution in [2.24, 2.45) is 0 Å². The molecule has 0 unspecified atom stereocenters. The van der Waals surface area contributed by atoms with Crippen LogP contribution in [-0.4, -0.2) is 4.92 Å². The fraction of sp³-hybridized carbons (Fsp3) is 0. The number of nitro groups is 1. The van der Waals surface area contributed by atoms with E-state index in [0.29, 0.717) is 5.39 Å². The van der Waals surface area contributed by atoms with Crippen molar-refractivity contribution in [2.75, 3.05) is 0 Å². The number of rotatable bonds is 2. The molecule has 0 saturated heterocycles. The largest absolute Gasteiger partial charge is 0.277 e. The smallest absolute Gasteiger partial charge is 0.258 e. The topological polar surface area (TPSA) is 43.1 Å². The van der Waals surface area contributed by atoms with Crippen molar-refractivity contribution in [3.05, 3.63) is 89.0 Å². The molecule has 0 amide bonds. The van der Waals surface area contributed by atoms with E-state index in [-0.39, 0.29) is 10.6 Å². The Kier molecular flexibility index (Phi) is 3.27. The van der Waals surface area contributed by atoms with Crippen molar-refractivity contribution in [1.82, 2.24) is 0 Å². The molecule has 124 valence electrons. The average molecular weight is 355 g/mol. The van der Waals surface area contributed by atoms with Gasteiger partial charge in [0.2, 0.25) is 0 Å². The highest BCUT2D eigenvalue weighted by atomic mass is 32.1. The van der Waals surface area contributed by atoms with Gasteiger partial charge in [0.1, 0.15) is 0 Å². The summed E-state index contributed by atoms with van der Waals surface area (Å²) in [7, 11) is 0. The Balaban J connectivity index is 1.82. The second-order valence-corrected chi connectivity index (χ2v) is 7.33. The van der Waals surface area contributed by atoms with Gasteiger partial charge in [-0.25, -0.2) is 0 Å². The minimum Gasteiger partial charge on any atom is -0.258 e. The van der Waals surface area contributed by atoms with E-state index in [9.17, 15) is 10.1 Å². The number of thiophene rings is 1. The van der Waals surface area contributed by atoms with E-state index in [1.54, 1.807) is 23.5 Å². The molecular formula is C22H13NO2S. The molecule has 4 heteroatoms. The molecule has 0 fully saturated rings.